The first-order valence-electron chi connectivity index (χ1n) is 7.77. The van der Waals surface area contributed by atoms with Crippen molar-refractivity contribution in [2.75, 3.05) is 26.2 Å². The second-order valence-corrected chi connectivity index (χ2v) is 8.38. The molecule has 1 aliphatic rings. The summed E-state index contributed by atoms with van der Waals surface area (Å²) in [5.74, 6) is -2.83. The number of carbonyl (C=O) groups excluding carboxylic acids is 1. The number of aromatic nitrogens is 1. The molecule has 0 radical (unpaired) electrons. The molecule has 1 aromatic carbocycles. The fourth-order valence-corrected chi connectivity index (χ4v) is 4.57. The Kier molecular flexibility index (Phi) is 5.66. The molecule has 0 bridgehead atoms. The summed E-state index contributed by atoms with van der Waals surface area (Å²) in [5.41, 5.74) is -0.0411. The van der Waals surface area contributed by atoms with E-state index in [0.29, 0.717) is 0 Å². The van der Waals surface area contributed by atoms with Gasteiger partial charge in [0.2, 0.25) is 10.0 Å². The number of sulfonamides is 1. The van der Waals surface area contributed by atoms with Crippen molar-refractivity contribution in [3.63, 3.8) is 0 Å². The van der Waals surface area contributed by atoms with Crippen LogP contribution in [0.4, 0.5) is 8.78 Å². The summed E-state index contributed by atoms with van der Waals surface area (Å²) in [6, 6.07) is 5.72. The summed E-state index contributed by atoms with van der Waals surface area (Å²) in [4.78, 5) is 16.8. The lowest BCUT2D eigenvalue weighted by Crippen LogP contribution is -2.50. The molecule has 6 nitrogen and oxygen atoms in total. The van der Waals surface area contributed by atoms with Crippen molar-refractivity contribution in [3.8, 4) is 0 Å². The summed E-state index contributed by atoms with van der Waals surface area (Å²) in [7, 11) is -4.37. The number of hydrogen-bond donors (Lipinski definition) is 0. The molecule has 1 aromatic heterocycles. The first kappa shape index (κ1) is 19.9. The molecule has 0 atom stereocenters. The molecular formula is C16H13Cl2F2N3O3S. The number of amides is 1. The SMILES string of the molecule is O=C(c1nc(Cl)ccc1Cl)N1CCN(S(=O)(=O)c2c(F)cccc2F)CC1. The molecule has 0 N–H and O–H groups in total. The van der Waals surface area contributed by atoms with Gasteiger partial charge in [-0.25, -0.2) is 22.2 Å². The van der Waals surface area contributed by atoms with Gasteiger partial charge in [-0.15, -0.1) is 0 Å². The Morgan fingerprint density at radius 1 is 1.00 bits per heavy atom. The van der Waals surface area contributed by atoms with Gasteiger partial charge >= 0.3 is 0 Å². The summed E-state index contributed by atoms with van der Waals surface area (Å²) in [5, 5.41) is 0.215. The first-order chi connectivity index (χ1) is 12.7. The average molecular weight is 436 g/mol. The highest BCUT2D eigenvalue weighted by atomic mass is 35.5. The normalized spacial score (nSPS) is 15.8. The maximum absolute atomic E-state index is 13.9. The van der Waals surface area contributed by atoms with Crippen LogP contribution in [0, 0.1) is 11.6 Å². The Morgan fingerprint density at radius 3 is 2.19 bits per heavy atom. The van der Waals surface area contributed by atoms with Gasteiger partial charge in [0.25, 0.3) is 5.91 Å². The number of rotatable bonds is 3. The fourth-order valence-electron chi connectivity index (χ4n) is 2.71. The summed E-state index contributed by atoms with van der Waals surface area (Å²) >= 11 is 11.7. The maximum atomic E-state index is 13.9. The minimum atomic E-state index is -4.37. The average Bonchev–Trinajstić information content (AvgIpc) is 2.63. The third-order valence-electron chi connectivity index (χ3n) is 4.06. The third kappa shape index (κ3) is 3.91. The van der Waals surface area contributed by atoms with Gasteiger partial charge in [-0.1, -0.05) is 29.3 Å². The molecule has 2 heterocycles. The van der Waals surface area contributed by atoms with Crippen LogP contribution in [0.5, 0.6) is 0 Å². The highest BCUT2D eigenvalue weighted by Crippen LogP contribution is 2.24. The predicted molar refractivity (Wildman–Crippen MR) is 95.3 cm³/mol. The molecule has 144 valence electrons. The van der Waals surface area contributed by atoms with E-state index in [1.807, 2.05) is 0 Å². The van der Waals surface area contributed by atoms with Crippen molar-refractivity contribution in [2.24, 2.45) is 0 Å². The molecule has 11 heteroatoms. The van der Waals surface area contributed by atoms with Gasteiger partial charge in [-0.2, -0.15) is 4.31 Å². The number of piperazine rings is 1. The molecule has 1 aliphatic heterocycles. The Hall–Kier alpha value is -1.81. The van der Waals surface area contributed by atoms with Crippen molar-refractivity contribution in [2.45, 2.75) is 4.90 Å². The lowest BCUT2D eigenvalue weighted by atomic mass is 10.3. The lowest BCUT2D eigenvalue weighted by Gasteiger charge is -2.34. The standard InChI is InChI=1S/C16H13Cl2F2N3O3S/c17-10-4-5-13(18)21-14(10)16(24)22-6-8-23(9-7-22)27(25,26)15-11(19)2-1-3-12(15)20/h1-5H,6-9H2. The number of nitrogens with zero attached hydrogens (tertiary/aromatic N) is 3. The summed E-state index contributed by atoms with van der Waals surface area (Å²) in [6.45, 7) is -0.225. The van der Waals surface area contributed by atoms with Crippen LogP contribution in [-0.4, -0.2) is 54.7 Å². The van der Waals surface area contributed by atoms with E-state index in [-0.39, 0.29) is 42.0 Å². The molecule has 3 rings (SSSR count). The van der Waals surface area contributed by atoms with Gasteiger partial charge in [0.05, 0.1) is 5.02 Å². The van der Waals surface area contributed by atoms with E-state index in [1.165, 1.54) is 17.0 Å². The number of halogens is 4. The lowest BCUT2D eigenvalue weighted by molar-refractivity contribution is 0.0692. The molecule has 1 saturated heterocycles. The van der Waals surface area contributed by atoms with Gasteiger partial charge < -0.3 is 4.90 Å². The molecule has 2 aromatic rings. The fraction of sp³-hybridized carbons (Fsp3) is 0.250. The van der Waals surface area contributed by atoms with Crippen molar-refractivity contribution in [1.29, 1.82) is 0 Å². The summed E-state index contributed by atoms with van der Waals surface area (Å²) in [6.07, 6.45) is 0. The van der Waals surface area contributed by atoms with Gasteiger partial charge in [-0.3, -0.25) is 4.79 Å². The van der Waals surface area contributed by atoms with E-state index >= 15 is 0 Å². The van der Waals surface area contributed by atoms with E-state index in [9.17, 15) is 22.0 Å². The van der Waals surface area contributed by atoms with Crippen LogP contribution in [0.1, 0.15) is 10.5 Å². The minimum Gasteiger partial charge on any atom is -0.335 e. The van der Waals surface area contributed by atoms with Crippen molar-refractivity contribution in [3.05, 3.63) is 57.8 Å². The molecule has 0 saturated carbocycles. The second kappa shape index (κ2) is 7.67. The zero-order valence-corrected chi connectivity index (χ0v) is 16.0. The predicted octanol–water partition coefficient (Wildman–Crippen LogP) is 2.81. The number of benzene rings is 1. The van der Waals surface area contributed by atoms with E-state index in [2.05, 4.69) is 4.98 Å². The van der Waals surface area contributed by atoms with E-state index in [1.54, 1.807) is 0 Å². The van der Waals surface area contributed by atoms with Gasteiger partial charge in [0, 0.05) is 26.2 Å². The second-order valence-electron chi connectivity index (χ2n) is 5.71. The van der Waals surface area contributed by atoms with Crippen LogP contribution in [0.3, 0.4) is 0 Å². The largest absolute Gasteiger partial charge is 0.335 e. The van der Waals surface area contributed by atoms with Crippen molar-refractivity contribution < 1.29 is 22.0 Å². The first-order valence-corrected chi connectivity index (χ1v) is 9.97. The van der Waals surface area contributed by atoms with Crippen LogP contribution >= 0.6 is 23.2 Å². The molecular weight excluding hydrogens is 423 g/mol. The highest BCUT2D eigenvalue weighted by Gasteiger charge is 2.34. The van der Waals surface area contributed by atoms with Crippen LogP contribution in [0.25, 0.3) is 0 Å². The van der Waals surface area contributed by atoms with Gasteiger partial charge in [0.1, 0.15) is 22.5 Å². The highest BCUT2D eigenvalue weighted by molar-refractivity contribution is 7.89. The quantitative estimate of drug-likeness (QED) is 0.694. The Labute approximate surface area is 164 Å². The number of carbonyl (C=O) groups is 1. The zero-order valence-electron chi connectivity index (χ0n) is 13.7. The van der Waals surface area contributed by atoms with Crippen LogP contribution in [0.2, 0.25) is 10.2 Å². The van der Waals surface area contributed by atoms with Gasteiger partial charge in [-0.05, 0) is 24.3 Å². The minimum absolute atomic E-state index is 0.0126. The topological polar surface area (TPSA) is 70.6 Å². The maximum Gasteiger partial charge on any atom is 0.274 e. The summed E-state index contributed by atoms with van der Waals surface area (Å²) < 4.78 is 53.8. The Balaban J connectivity index is 1.77. The Bertz CT molecular complexity index is 976. The van der Waals surface area contributed by atoms with Crippen molar-refractivity contribution >= 4 is 39.1 Å². The van der Waals surface area contributed by atoms with Crippen molar-refractivity contribution in [1.82, 2.24) is 14.2 Å². The molecule has 1 amide bonds. The Morgan fingerprint density at radius 2 is 1.59 bits per heavy atom. The van der Waals surface area contributed by atoms with Crippen LogP contribution < -0.4 is 0 Å². The van der Waals surface area contributed by atoms with Crippen LogP contribution in [0.15, 0.2) is 35.2 Å². The van der Waals surface area contributed by atoms with Crippen LogP contribution in [-0.2, 0) is 10.0 Å². The zero-order chi connectivity index (χ0) is 19.8. The van der Waals surface area contributed by atoms with E-state index in [4.69, 9.17) is 23.2 Å². The number of pyridine rings is 1. The molecule has 0 unspecified atom stereocenters. The monoisotopic (exact) mass is 435 g/mol. The molecule has 0 aliphatic carbocycles. The van der Waals surface area contributed by atoms with E-state index < -0.39 is 32.5 Å². The molecule has 27 heavy (non-hydrogen) atoms. The van der Waals surface area contributed by atoms with E-state index in [0.717, 1.165) is 22.5 Å². The van der Waals surface area contributed by atoms with Gasteiger partial charge in [0.15, 0.2) is 4.90 Å². The molecule has 1 fully saturated rings. The molecule has 0 spiro atoms. The smallest absolute Gasteiger partial charge is 0.274 e. The number of hydrogen-bond acceptors (Lipinski definition) is 4. The third-order valence-corrected chi connectivity index (χ3v) is 6.52.